The van der Waals surface area contributed by atoms with E-state index < -0.39 is 0 Å². The van der Waals surface area contributed by atoms with Crippen LogP contribution in [0.5, 0.6) is 0 Å². The summed E-state index contributed by atoms with van der Waals surface area (Å²) in [5.41, 5.74) is 1.07. The molecule has 0 saturated carbocycles. The molecular weight excluding hydrogens is 222 g/mol. The quantitative estimate of drug-likeness (QED) is 0.834. The Morgan fingerprint density at radius 1 is 1.38 bits per heavy atom. The molecule has 86 valence electrons. The molecule has 16 heavy (non-hydrogen) atoms. The van der Waals surface area contributed by atoms with Crippen LogP contribution in [-0.4, -0.2) is 19.3 Å². The Bertz CT molecular complexity index is 405. The molecule has 2 rings (SSSR count). The summed E-state index contributed by atoms with van der Waals surface area (Å²) in [4.78, 5) is 11.8. The van der Waals surface area contributed by atoms with Crippen molar-refractivity contribution < 1.29 is 0 Å². The van der Waals surface area contributed by atoms with E-state index in [-0.39, 0.29) is 0 Å². The Labute approximate surface area is 98.5 Å². The Morgan fingerprint density at radius 2 is 2.25 bits per heavy atom. The van der Waals surface area contributed by atoms with Crippen molar-refractivity contribution in [3.63, 3.8) is 0 Å². The van der Waals surface area contributed by atoms with Crippen molar-refractivity contribution in [3.05, 3.63) is 23.5 Å². The average molecular weight is 237 g/mol. The molecule has 0 saturated heterocycles. The molecule has 0 aliphatic rings. The maximum atomic E-state index is 4.33. The van der Waals surface area contributed by atoms with Crippen LogP contribution in [0.1, 0.15) is 31.2 Å². The number of anilines is 1. The number of aromatic amines is 1. The summed E-state index contributed by atoms with van der Waals surface area (Å²) in [6.45, 7) is 4.84. The van der Waals surface area contributed by atoms with Crippen molar-refractivity contribution in [2.75, 3.05) is 5.32 Å². The second-order valence-corrected chi connectivity index (χ2v) is 4.18. The van der Waals surface area contributed by atoms with E-state index in [1.807, 2.05) is 13.1 Å². The van der Waals surface area contributed by atoms with Crippen molar-refractivity contribution in [2.45, 2.75) is 33.2 Å². The second kappa shape index (κ2) is 5.07. The maximum Gasteiger partial charge on any atom is 0.202 e. The predicted octanol–water partition coefficient (Wildman–Crippen LogP) is 2.00. The standard InChI is InChI=1S/C10H15N5S/c1-3-8-11-5-7(13-8)6-12-10-14-9(4-2)15-16-10/h5H,3-4,6H2,1-2H3,(H,11,13)(H,12,14,15). The van der Waals surface area contributed by atoms with Gasteiger partial charge in [-0.3, -0.25) is 0 Å². The zero-order valence-electron chi connectivity index (χ0n) is 9.45. The Kier molecular flexibility index (Phi) is 3.51. The Morgan fingerprint density at radius 3 is 2.88 bits per heavy atom. The second-order valence-electron chi connectivity index (χ2n) is 3.43. The maximum absolute atomic E-state index is 4.33. The van der Waals surface area contributed by atoms with Gasteiger partial charge in [0.05, 0.1) is 18.4 Å². The number of imidazole rings is 1. The van der Waals surface area contributed by atoms with Gasteiger partial charge in [-0.2, -0.15) is 4.37 Å². The lowest BCUT2D eigenvalue weighted by molar-refractivity contribution is 0.959. The normalized spacial score (nSPS) is 10.6. The topological polar surface area (TPSA) is 66.5 Å². The summed E-state index contributed by atoms with van der Waals surface area (Å²) >= 11 is 1.40. The molecule has 0 fully saturated rings. The van der Waals surface area contributed by atoms with Crippen LogP contribution in [0.2, 0.25) is 0 Å². The summed E-state index contributed by atoms with van der Waals surface area (Å²) in [5, 5.41) is 4.09. The molecule has 2 aromatic rings. The first kappa shape index (κ1) is 11.1. The van der Waals surface area contributed by atoms with E-state index in [0.29, 0.717) is 6.54 Å². The third-order valence-electron chi connectivity index (χ3n) is 2.23. The van der Waals surface area contributed by atoms with Gasteiger partial charge in [0, 0.05) is 24.4 Å². The lowest BCUT2D eigenvalue weighted by Crippen LogP contribution is -1.99. The number of H-pyrrole nitrogens is 1. The number of rotatable bonds is 5. The zero-order valence-corrected chi connectivity index (χ0v) is 10.3. The molecule has 2 aromatic heterocycles. The number of nitrogens with one attached hydrogen (secondary N) is 2. The van der Waals surface area contributed by atoms with Gasteiger partial charge in [0.15, 0.2) is 0 Å². The highest BCUT2D eigenvalue weighted by atomic mass is 32.1. The molecular formula is C10H15N5S. The fourth-order valence-electron chi connectivity index (χ4n) is 1.32. The van der Waals surface area contributed by atoms with E-state index in [1.165, 1.54) is 11.5 Å². The molecule has 0 aromatic carbocycles. The van der Waals surface area contributed by atoms with Gasteiger partial charge in [0.1, 0.15) is 11.6 Å². The van der Waals surface area contributed by atoms with E-state index in [2.05, 4.69) is 31.6 Å². The minimum Gasteiger partial charge on any atom is -0.355 e. The number of hydrogen-bond acceptors (Lipinski definition) is 5. The lowest BCUT2D eigenvalue weighted by Gasteiger charge is -1.98. The summed E-state index contributed by atoms with van der Waals surface area (Å²) in [6, 6.07) is 0. The van der Waals surface area contributed by atoms with Gasteiger partial charge in [-0.15, -0.1) is 0 Å². The largest absolute Gasteiger partial charge is 0.355 e. The van der Waals surface area contributed by atoms with E-state index >= 15 is 0 Å². The molecule has 2 N–H and O–H groups in total. The zero-order chi connectivity index (χ0) is 11.4. The van der Waals surface area contributed by atoms with Crippen LogP contribution < -0.4 is 5.32 Å². The first-order valence-corrected chi connectivity index (χ1v) is 6.18. The molecule has 2 heterocycles. The van der Waals surface area contributed by atoms with Gasteiger partial charge in [-0.05, 0) is 0 Å². The lowest BCUT2D eigenvalue weighted by atomic mass is 10.4. The molecule has 0 bridgehead atoms. The first-order valence-electron chi connectivity index (χ1n) is 5.41. The van der Waals surface area contributed by atoms with Gasteiger partial charge < -0.3 is 10.3 Å². The fourth-order valence-corrected chi connectivity index (χ4v) is 1.96. The first-order chi connectivity index (χ1) is 7.81. The number of hydrogen-bond donors (Lipinski definition) is 2. The van der Waals surface area contributed by atoms with Crippen LogP contribution in [0, 0.1) is 0 Å². The van der Waals surface area contributed by atoms with E-state index in [1.54, 1.807) is 0 Å². The summed E-state index contributed by atoms with van der Waals surface area (Å²) in [7, 11) is 0. The highest BCUT2D eigenvalue weighted by Crippen LogP contribution is 2.12. The Hall–Kier alpha value is -1.43. The molecule has 0 atom stereocenters. The molecule has 0 spiro atoms. The molecule has 0 radical (unpaired) electrons. The van der Waals surface area contributed by atoms with E-state index in [4.69, 9.17) is 0 Å². The van der Waals surface area contributed by atoms with E-state index in [0.717, 1.165) is 35.3 Å². The summed E-state index contributed by atoms with van der Waals surface area (Å²) in [5.74, 6) is 1.91. The molecule has 0 unspecified atom stereocenters. The smallest absolute Gasteiger partial charge is 0.202 e. The predicted molar refractivity (Wildman–Crippen MR) is 64.6 cm³/mol. The SMILES string of the molecule is CCc1nsc(NCc2cnc(CC)[nH]2)n1. The number of aryl methyl sites for hydroxylation is 2. The number of nitrogens with zero attached hydrogens (tertiary/aromatic N) is 3. The van der Waals surface area contributed by atoms with Crippen molar-refractivity contribution in [2.24, 2.45) is 0 Å². The molecule has 5 nitrogen and oxygen atoms in total. The van der Waals surface area contributed by atoms with Crippen LogP contribution in [0.15, 0.2) is 6.20 Å². The average Bonchev–Trinajstić information content (AvgIpc) is 2.95. The van der Waals surface area contributed by atoms with Crippen LogP contribution >= 0.6 is 11.5 Å². The summed E-state index contributed by atoms with van der Waals surface area (Å²) < 4.78 is 4.21. The van der Waals surface area contributed by atoms with Gasteiger partial charge >= 0.3 is 0 Å². The van der Waals surface area contributed by atoms with E-state index in [9.17, 15) is 0 Å². The summed E-state index contributed by atoms with van der Waals surface area (Å²) in [6.07, 6.45) is 3.66. The fraction of sp³-hybridized carbons (Fsp3) is 0.500. The minimum absolute atomic E-state index is 0.714. The van der Waals surface area contributed by atoms with Crippen LogP contribution in [0.25, 0.3) is 0 Å². The highest BCUT2D eigenvalue weighted by Gasteiger charge is 2.03. The third-order valence-corrected chi connectivity index (χ3v) is 2.94. The monoisotopic (exact) mass is 237 g/mol. The van der Waals surface area contributed by atoms with Gasteiger partial charge in [-0.1, -0.05) is 13.8 Å². The van der Waals surface area contributed by atoms with Gasteiger partial charge in [0.25, 0.3) is 0 Å². The minimum atomic E-state index is 0.714. The molecule has 0 aliphatic carbocycles. The highest BCUT2D eigenvalue weighted by molar-refractivity contribution is 7.09. The Balaban J connectivity index is 1.91. The van der Waals surface area contributed by atoms with Crippen LogP contribution in [0.3, 0.4) is 0 Å². The molecule has 6 heteroatoms. The number of aromatic nitrogens is 4. The third kappa shape index (κ3) is 2.57. The van der Waals surface area contributed by atoms with Gasteiger partial charge in [-0.25, -0.2) is 9.97 Å². The van der Waals surface area contributed by atoms with Crippen molar-refractivity contribution in [1.82, 2.24) is 19.3 Å². The van der Waals surface area contributed by atoms with Crippen molar-refractivity contribution in [3.8, 4) is 0 Å². The van der Waals surface area contributed by atoms with Crippen molar-refractivity contribution >= 4 is 16.7 Å². The van der Waals surface area contributed by atoms with Gasteiger partial charge in [0.2, 0.25) is 5.13 Å². The molecule has 0 aliphatic heterocycles. The molecule has 0 amide bonds. The van der Waals surface area contributed by atoms with Crippen LogP contribution in [-0.2, 0) is 19.4 Å². The van der Waals surface area contributed by atoms with Crippen LogP contribution in [0.4, 0.5) is 5.13 Å². The van der Waals surface area contributed by atoms with Crippen molar-refractivity contribution in [1.29, 1.82) is 0 Å².